The molecule has 0 saturated carbocycles. The highest BCUT2D eigenvalue weighted by molar-refractivity contribution is 5.67. The van der Waals surface area contributed by atoms with Crippen LogP contribution in [0.5, 0.6) is 0 Å². The van der Waals surface area contributed by atoms with Crippen molar-refractivity contribution in [3.05, 3.63) is 0 Å². The van der Waals surface area contributed by atoms with E-state index in [1.165, 1.54) is 0 Å². The molecule has 1 aliphatic heterocycles. The Morgan fingerprint density at radius 2 is 2.27 bits per heavy atom. The lowest BCUT2D eigenvalue weighted by molar-refractivity contribution is 0.0403. The lowest BCUT2D eigenvalue weighted by atomic mass is 10.0. The molecule has 1 fully saturated rings. The average Bonchev–Trinajstić information content (AvgIpc) is 2.14. The van der Waals surface area contributed by atoms with Gasteiger partial charge in [0.2, 0.25) is 0 Å². The largest absolute Gasteiger partial charge is 0.444 e. The Bertz CT molecular complexity index is 204. The first-order valence-electron chi connectivity index (χ1n) is 5.52. The van der Waals surface area contributed by atoms with Gasteiger partial charge < -0.3 is 14.8 Å². The Hall–Kier alpha value is -0.770. The first-order chi connectivity index (χ1) is 6.97. The number of carbonyl (C=O) groups excluding carboxylic acids is 1. The Morgan fingerprint density at radius 1 is 1.53 bits per heavy atom. The molecule has 1 N–H and O–H groups in total. The quantitative estimate of drug-likeness (QED) is 0.765. The van der Waals surface area contributed by atoms with Crippen LogP contribution in [0.3, 0.4) is 0 Å². The zero-order chi connectivity index (χ0) is 11.3. The van der Waals surface area contributed by atoms with Crippen LogP contribution in [0.4, 0.5) is 4.79 Å². The van der Waals surface area contributed by atoms with E-state index in [9.17, 15) is 4.79 Å². The van der Waals surface area contributed by atoms with Crippen molar-refractivity contribution in [3.8, 4) is 0 Å². The molecule has 0 aromatic rings. The summed E-state index contributed by atoms with van der Waals surface area (Å²) in [6.45, 7) is 7.82. The molecule has 0 aliphatic carbocycles. The van der Waals surface area contributed by atoms with Gasteiger partial charge in [0, 0.05) is 13.2 Å². The van der Waals surface area contributed by atoms with Crippen molar-refractivity contribution in [2.24, 2.45) is 5.92 Å². The van der Waals surface area contributed by atoms with E-state index in [1.807, 2.05) is 20.8 Å². The number of hydrogen-bond acceptors (Lipinski definition) is 3. The van der Waals surface area contributed by atoms with Crippen LogP contribution in [-0.4, -0.2) is 31.5 Å². The van der Waals surface area contributed by atoms with Gasteiger partial charge in [-0.1, -0.05) is 0 Å². The smallest absolute Gasteiger partial charge is 0.407 e. The average molecular weight is 215 g/mol. The van der Waals surface area contributed by atoms with E-state index in [-0.39, 0.29) is 6.09 Å². The molecular weight excluding hydrogens is 194 g/mol. The summed E-state index contributed by atoms with van der Waals surface area (Å²) in [4.78, 5) is 11.3. The maximum absolute atomic E-state index is 11.3. The van der Waals surface area contributed by atoms with Crippen molar-refractivity contribution in [3.63, 3.8) is 0 Å². The van der Waals surface area contributed by atoms with Gasteiger partial charge in [-0.25, -0.2) is 4.79 Å². The fourth-order valence-corrected chi connectivity index (χ4v) is 1.51. The molecule has 0 aromatic heterocycles. The van der Waals surface area contributed by atoms with Crippen molar-refractivity contribution >= 4 is 6.09 Å². The Kier molecular flexibility index (Phi) is 4.39. The van der Waals surface area contributed by atoms with E-state index in [4.69, 9.17) is 9.47 Å². The maximum atomic E-state index is 11.3. The highest BCUT2D eigenvalue weighted by atomic mass is 16.6. The fraction of sp³-hybridized carbons (Fsp3) is 0.909. The van der Waals surface area contributed by atoms with Crippen LogP contribution in [0, 0.1) is 5.92 Å². The van der Waals surface area contributed by atoms with Crippen LogP contribution < -0.4 is 5.32 Å². The van der Waals surface area contributed by atoms with E-state index < -0.39 is 5.60 Å². The molecule has 88 valence electrons. The molecule has 1 unspecified atom stereocenters. The highest BCUT2D eigenvalue weighted by Crippen LogP contribution is 2.12. The summed E-state index contributed by atoms with van der Waals surface area (Å²) >= 11 is 0. The summed E-state index contributed by atoms with van der Waals surface area (Å²) in [6, 6.07) is 0. The van der Waals surface area contributed by atoms with Crippen molar-refractivity contribution in [2.45, 2.75) is 39.2 Å². The molecule has 1 rings (SSSR count). The molecule has 1 aliphatic rings. The van der Waals surface area contributed by atoms with Crippen molar-refractivity contribution in [1.82, 2.24) is 5.32 Å². The number of hydrogen-bond donors (Lipinski definition) is 1. The number of amides is 1. The van der Waals surface area contributed by atoms with Gasteiger partial charge in [0.25, 0.3) is 0 Å². The number of ether oxygens (including phenoxy) is 2. The lowest BCUT2D eigenvalue weighted by Crippen LogP contribution is -2.37. The molecule has 1 saturated heterocycles. The molecule has 4 nitrogen and oxygen atoms in total. The third kappa shape index (κ3) is 5.62. The number of alkyl carbamates (subject to hydrolysis) is 1. The fourth-order valence-electron chi connectivity index (χ4n) is 1.51. The Morgan fingerprint density at radius 3 is 2.80 bits per heavy atom. The van der Waals surface area contributed by atoms with Gasteiger partial charge in [-0.05, 0) is 39.5 Å². The van der Waals surface area contributed by atoms with Gasteiger partial charge in [-0.2, -0.15) is 0 Å². The van der Waals surface area contributed by atoms with Gasteiger partial charge in [-0.15, -0.1) is 0 Å². The SMILES string of the molecule is CC(C)(C)OC(=O)NCC1CCCOC1. The predicted octanol–water partition coefficient (Wildman–Crippen LogP) is 1.94. The topological polar surface area (TPSA) is 47.6 Å². The third-order valence-electron chi connectivity index (χ3n) is 2.19. The van der Waals surface area contributed by atoms with Gasteiger partial charge in [0.15, 0.2) is 0 Å². The summed E-state index contributed by atoms with van der Waals surface area (Å²) in [5.41, 5.74) is -0.423. The summed E-state index contributed by atoms with van der Waals surface area (Å²) in [7, 11) is 0. The zero-order valence-corrected chi connectivity index (χ0v) is 9.84. The summed E-state index contributed by atoms with van der Waals surface area (Å²) in [6.07, 6.45) is 1.87. The Labute approximate surface area is 91.3 Å². The molecule has 1 atom stereocenters. The molecule has 0 spiro atoms. The molecule has 1 heterocycles. The van der Waals surface area contributed by atoms with Crippen LogP contribution >= 0.6 is 0 Å². The second-order valence-corrected chi connectivity index (χ2v) is 4.97. The Balaban J connectivity index is 2.15. The predicted molar refractivity (Wildman–Crippen MR) is 57.8 cm³/mol. The molecule has 1 amide bonds. The van der Waals surface area contributed by atoms with Gasteiger partial charge in [0.05, 0.1) is 6.61 Å². The summed E-state index contributed by atoms with van der Waals surface area (Å²) in [5, 5.41) is 2.77. The van der Waals surface area contributed by atoms with Gasteiger partial charge in [0.1, 0.15) is 5.60 Å². The van der Waals surface area contributed by atoms with Crippen LogP contribution in [0.2, 0.25) is 0 Å². The standard InChI is InChI=1S/C11H21NO3/c1-11(2,3)15-10(13)12-7-9-5-4-6-14-8-9/h9H,4-8H2,1-3H3,(H,12,13). The highest BCUT2D eigenvalue weighted by Gasteiger charge is 2.18. The van der Waals surface area contributed by atoms with Crippen LogP contribution in [0.15, 0.2) is 0 Å². The summed E-state index contributed by atoms with van der Waals surface area (Å²) in [5.74, 6) is 0.436. The minimum absolute atomic E-state index is 0.340. The molecule has 0 aromatic carbocycles. The first kappa shape index (κ1) is 12.3. The minimum atomic E-state index is -0.423. The third-order valence-corrected chi connectivity index (χ3v) is 2.19. The van der Waals surface area contributed by atoms with E-state index in [1.54, 1.807) is 0 Å². The number of nitrogens with one attached hydrogen (secondary N) is 1. The summed E-state index contributed by atoms with van der Waals surface area (Å²) < 4.78 is 10.5. The van der Waals surface area contributed by atoms with Crippen molar-refractivity contribution < 1.29 is 14.3 Å². The maximum Gasteiger partial charge on any atom is 0.407 e. The van der Waals surface area contributed by atoms with E-state index >= 15 is 0 Å². The monoisotopic (exact) mass is 215 g/mol. The van der Waals surface area contributed by atoms with E-state index in [0.29, 0.717) is 12.5 Å². The van der Waals surface area contributed by atoms with Crippen molar-refractivity contribution in [1.29, 1.82) is 0 Å². The van der Waals surface area contributed by atoms with Gasteiger partial charge >= 0.3 is 6.09 Å². The number of rotatable bonds is 2. The normalized spacial score (nSPS) is 22.2. The van der Waals surface area contributed by atoms with Gasteiger partial charge in [-0.3, -0.25) is 0 Å². The first-order valence-corrected chi connectivity index (χ1v) is 5.52. The molecular formula is C11H21NO3. The second kappa shape index (κ2) is 5.35. The molecule has 0 bridgehead atoms. The van der Waals surface area contributed by atoms with E-state index in [0.717, 1.165) is 26.1 Å². The zero-order valence-electron chi connectivity index (χ0n) is 9.84. The van der Waals surface area contributed by atoms with Crippen LogP contribution in [0.25, 0.3) is 0 Å². The molecule has 15 heavy (non-hydrogen) atoms. The minimum Gasteiger partial charge on any atom is -0.444 e. The van der Waals surface area contributed by atoms with Crippen LogP contribution in [-0.2, 0) is 9.47 Å². The van der Waals surface area contributed by atoms with E-state index in [2.05, 4.69) is 5.32 Å². The van der Waals surface area contributed by atoms with Crippen molar-refractivity contribution in [2.75, 3.05) is 19.8 Å². The second-order valence-electron chi connectivity index (χ2n) is 4.97. The molecule has 4 heteroatoms. The number of carbonyl (C=O) groups is 1. The lowest BCUT2D eigenvalue weighted by Gasteiger charge is -2.24. The molecule has 0 radical (unpaired) electrons. The van der Waals surface area contributed by atoms with Crippen LogP contribution in [0.1, 0.15) is 33.6 Å².